The first-order valence-electron chi connectivity index (χ1n) is 7.44. The molecular formula is C20H20N2O. The summed E-state index contributed by atoms with van der Waals surface area (Å²) in [5, 5.41) is 6.13. The number of benzene rings is 2. The first-order valence-corrected chi connectivity index (χ1v) is 7.44. The fourth-order valence-corrected chi connectivity index (χ4v) is 1.92. The van der Waals surface area contributed by atoms with Gasteiger partial charge in [-0.15, -0.1) is 0 Å². The SMILES string of the molecule is CC(/C=C\C(=O)c1ccccc1)=C/C=N/N(C)c1ccccc1. The lowest BCUT2D eigenvalue weighted by molar-refractivity contribution is 0.104. The van der Waals surface area contributed by atoms with Gasteiger partial charge in [-0.2, -0.15) is 5.10 Å². The third kappa shape index (κ3) is 5.40. The molecule has 0 aromatic heterocycles. The van der Waals surface area contributed by atoms with Crippen LogP contribution >= 0.6 is 0 Å². The normalized spacial score (nSPS) is 12.0. The van der Waals surface area contributed by atoms with Crippen molar-refractivity contribution in [3.05, 3.63) is 90.0 Å². The van der Waals surface area contributed by atoms with E-state index in [1.54, 1.807) is 23.4 Å². The first kappa shape index (κ1) is 16.4. The van der Waals surface area contributed by atoms with Gasteiger partial charge in [0.15, 0.2) is 5.78 Å². The summed E-state index contributed by atoms with van der Waals surface area (Å²) in [5.74, 6) is -0.00306. The zero-order valence-corrected chi connectivity index (χ0v) is 13.4. The molecule has 0 heterocycles. The van der Waals surface area contributed by atoms with Crippen LogP contribution in [0.1, 0.15) is 17.3 Å². The highest BCUT2D eigenvalue weighted by Crippen LogP contribution is 2.10. The van der Waals surface area contributed by atoms with Crippen LogP contribution in [0.3, 0.4) is 0 Å². The molecule has 2 aromatic carbocycles. The van der Waals surface area contributed by atoms with Gasteiger partial charge in [0.1, 0.15) is 0 Å². The Morgan fingerprint density at radius 3 is 2.22 bits per heavy atom. The summed E-state index contributed by atoms with van der Waals surface area (Å²) in [6.45, 7) is 1.93. The quantitative estimate of drug-likeness (QED) is 0.259. The van der Waals surface area contributed by atoms with Crippen molar-refractivity contribution in [1.29, 1.82) is 0 Å². The molecule has 0 radical (unpaired) electrons. The summed E-state index contributed by atoms with van der Waals surface area (Å²) in [6.07, 6.45) is 6.97. The maximum Gasteiger partial charge on any atom is 0.185 e. The van der Waals surface area contributed by atoms with E-state index in [1.165, 1.54) is 0 Å². The molecule has 2 rings (SSSR count). The van der Waals surface area contributed by atoms with Crippen molar-refractivity contribution in [3.63, 3.8) is 0 Å². The number of hydrazone groups is 1. The van der Waals surface area contributed by atoms with Crippen LogP contribution < -0.4 is 5.01 Å². The average molecular weight is 304 g/mol. The van der Waals surface area contributed by atoms with Crippen LogP contribution in [0, 0.1) is 0 Å². The van der Waals surface area contributed by atoms with E-state index in [1.807, 2.05) is 80.7 Å². The van der Waals surface area contributed by atoms with Crippen LogP contribution in [0.2, 0.25) is 0 Å². The second kappa shape index (κ2) is 8.49. The van der Waals surface area contributed by atoms with Crippen molar-refractivity contribution in [2.75, 3.05) is 12.1 Å². The number of allylic oxidation sites excluding steroid dienone is 4. The Hall–Kier alpha value is -2.94. The number of rotatable bonds is 6. The van der Waals surface area contributed by atoms with Crippen molar-refractivity contribution in [3.8, 4) is 0 Å². The third-order valence-electron chi connectivity index (χ3n) is 3.26. The summed E-state index contributed by atoms with van der Waals surface area (Å²) >= 11 is 0. The Kier molecular flexibility index (Phi) is 6.07. The molecule has 0 aliphatic heterocycles. The van der Waals surface area contributed by atoms with E-state index in [4.69, 9.17) is 0 Å². The van der Waals surface area contributed by atoms with Gasteiger partial charge in [0, 0.05) is 18.8 Å². The summed E-state index contributed by atoms with van der Waals surface area (Å²) < 4.78 is 0. The van der Waals surface area contributed by atoms with E-state index in [9.17, 15) is 4.79 Å². The maximum atomic E-state index is 12.0. The molecule has 3 nitrogen and oxygen atoms in total. The summed E-state index contributed by atoms with van der Waals surface area (Å²) in [5.41, 5.74) is 2.66. The molecule has 0 amide bonds. The second-order valence-electron chi connectivity index (χ2n) is 5.10. The van der Waals surface area contributed by atoms with Crippen LogP contribution in [0.5, 0.6) is 0 Å². The second-order valence-corrected chi connectivity index (χ2v) is 5.10. The zero-order chi connectivity index (χ0) is 16.5. The van der Waals surface area contributed by atoms with E-state index in [0.717, 1.165) is 11.3 Å². The van der Waals surface area contributed by atoms with E-state index >= 15 is 0 Å². The van der Waals surface area contributed by atoms with E-state index in [0.29, 0.717) is 5.56 Å². The molecule has 0 saturated heterocycles. The van der Waals surface area contributed by atoms with Crippen molar-refractivity contribution in [2.24, 2.45) is 5.10 Å². The molecule has 0 bridgehead atoms. The lowest BCUT2D eigenvalue weighted by atomic mass is 10.1. The Balaban J connectivity index is 1.94. The van der Waals surface area contributed by atoms with Crippen LogP contribution in [0.25, 0.3) is 0 Å². The number of ketones is 1. The first-order chi connectivity index (χ1) is 11.2. The number of para-hydroxylation sites is 1. The number of hydrogen-bond acceptors (Lipinski definition) is 3. The highest BCUT2D eigenvalue weighted by Gasteiger charge is 1.98. The van der Waals surface area contributed by atoms with E-state index in [2.05, 4.69) is 5.10 Å². The van der Waals surface area contributed by atoms with E-state index < -0.39 is 0 Å². The number of hydrogen-bond donors (Lipinski definition) is 0. The highest BCUT2D eigenvalue weighted by atomic mass is 16.1. The van der Waals surface area contributed by atoms with Crippen molar-refractivity contribution < 1.29 is 4.79 Å². The molecule has 0 unspecified atom stereocenters. The van der Waals surface area contributed by atoms with Gasteiger partial charge in [-0.05, 0) is 36.8 Å². The highest BCUT2D eigenvalue weighted by molar-refractivity contribution is 6.04. The molecule has 0 atom stereocenters. The van der Waals surface area contributed by atoms with Gasteiger partial charge in [-0.3, -0.25) is 9.80 Å². The lowest BCUT2D eigenvalue weighted by Gasteiger charge is -2.11. The minimum Gasteiger partial charge on any atom is -0.289 e. The van der Waals surface area contributed by atoms with Crippen LogP contribution in [0.15, 0.2) is 89.6 Å². The predicted octanol–water partition coefficient (Wildman–Crippen LogP) is 4.49. The molecule has 23 heavy (non-hydrogen) atoms. The average Bonchev–Trinajstić information content (AvgIpc) is 2.61. The van der Waals surface area contributed by atoms with Gasteiger partial charge in [-0.1, -0.05) is 54.6 Å². The minimum absolute atomic E-state index is 0.00306. The Morgan fingerprint density at radius 1 is 0.957 bits per heavy atom. The van der Waals surface area contributed by atoms with Gasteiger partial charge in [0.25, 0.3) is 0 Å². The van der Waals surface area contributed by atoms with Crippen LogP contribution in [-0.4, -0.2) is 19.0 Å². The number of nitrogens with zero attached hydrogens (tertiary/aromatic N) is 2. The summed E-state index contributed by atoms with van der Waals surface area (Å²) in [6, 6.07) is 19.1. The van der Waals surface area contributed by atoms with Crippen molar-refractivity contribution in [2.45, 2.75) is 6.92 Å². The molecule has 0 saturated carbocycles. The lowest BCUT2D eigenvalue weighted by Crippen LogP contribution is -2.07. The monoisotopic (exact) mass is 304 g/mol. The topological polar surface area (TPSA) is 32.7 Å². The van der Waals surface area contributed by atoms with Gasteiger partial charge in [0.2, 0.25) is 0 Å². The molecular weight excluding hydrogens is 284 g/mol. The predicted molar refractivity (Wildman–Crippen MR) is 97.0 cm³/mol. The summed E-state index contributed by atoms with van der Waals surface area (Å²) in [7, 11) is 1.89. The van der Waals surface area contributed by atoms with Gasteiger partial charge in [0.05, 0.1) is 5.69 Å². The Morgan fingerprint density at radius 2 is 1.57 bits per heavy atom. The van der Waals surface area contributed by atoms with Gasteiger partial charge < -0.3 is 0 Å². The Bertz CT molecular complexity index is 716. The number of carbonyl (C=O) groups excluding carboxylic acids is 1. The fourth-order valence-electron chi connectivity index (χ4n) is 1.92. The molecule has 0 N–H and O–H groups in total. The molecule has 0 aliphatic carbocycles. The molecule has 0 spiro atoms. The fraction of sp³-hybridized carbons (Fsp3) is 0.100. The van der Waals surface area contributed by atoms with Crippen LogP contribution in [-0.2, 0) is 0 Å². The van der Waals surface area contributed by atoms with Crippen molar-refractivity contribution >= 4 is 17.7 Å². The Labute approximate surface area is 137 Å². The smallest absolute Gasteiger partial charge is 0.185 e. The van der Waals surface area contributed by atoms with E-state index in [-0.39, 0.29) is 5.78 Å². The third-order valence-corrected chi connectivity index (χ3v) is 3.26. The maximum absolute atomic E-state index is 12.0. The largest absolute Gasteiger partial charge is 0.289 e. The van der Waals surface area contributed by atoms with Gasteiger partial charge in [-0.25, -0.2) is 0 Å². The number of anilines is 1. The molecule has 2 aromatic rings. The number of carbonyl (C=O) groups is 1. The molecule has 0 fully saturated rings. The summed E-state index contributed by atoms with van der Waals surface area (Å²) in [4.78, 5) is 12.0. The van der Waals surface area contributed by atoms with Crippen molar-refractivity contribution in [1.82, 2.24) is 0 Å². The van der Waals surface area contributed by atoms with Gasteiger partial charge >= 0.3 is 0 Å². The molecule has 116 valence electrons. The molecule has 3 heteroatoms. The molecule has 0 aliphatic rings. The zero-order valence-electron chi connectivity index (χ0n) is 13.4. The minimum atomic E-state index is -0.00306. The van der Waals surface area contributed by atoms with Crippen LogP contribution in [0.4, 0.5) is 5.69 Å². The standard InChI is InChI=1S/C20H20N2O/c1-17(13-14-20(23)18-9-5-3-6-10-18)15-16-21-22(2)19-11-7-4-8-12-19/h3-16H,1-2H3/b14-13-,17-15-,21-16+.